The zero-order chi connectivity index (χ0) is 14.7. The molecule has 0 aromatic carbocycles. The van der Waals surface area contributed by atoms with Gasteiger partial charge in [-0.1, -0.05) is 13.3 Å². The number of rotatable bonds is 4. The van der Waals surface area contributed by atoms with Crippen LogP contribution in [0.25, 0.3) is 0 Å². The molecule has 20 heavy (non-hydrogen) atoms. The molecule has 1 fully saturated rings. The maximum atomic E-state index is 12.5. The summed E-state index contributed by atoms with van der Waals surface area (Å²) in [7, 11) is 0. The summed E-state index contributed by atoms with van der Waals surface area (Å²) in [5, 5.41) is 7.46. The van der Waals surface area contributed by atoms with E-state index in [1.807, 2.05) is 22.6 Å². The molecule has 0 radical (unpaired) electrons. The highest BCUT2D eigenvalue weighted by Gasteiger charge is 2.28. The van der Waals surface area contributed by atoms with Crippen molar-refractivity contribution in [2.45, 2.75) is 65.5 Å². The van der Waals surface area contributed by atoms with Gasteiger partial charge in [0.25, 0.3) is 0 Å². The number of urea groups is 1. The zero-order valence-electron chi connectivity index (χ0n) is 13.0. The fourth-order valence-corrected chi connectivity index (χ4v) is 2.92. The van der Waals surface area contributed by atoms with Gasteiger partial charge >= 0.3 is 6.03 Å². The van der Waals surface area contributed by atoms with E-state index in [0.29, 0.717) is 6.04 Å². The summed E-state index contributed by atoms with van der Waals surface area (Å²) in [6, 6.07) is 2.59. The SMILES string of the molecule is CCCC1CCCN1C(=O)Nc1cc(C)nn1C(C)C. The van der Waals surface area contributed by atoms with Gasteiger partial charge in [-0.2, -0.15) is 5.10 Å². The van der Waals surface area contributed by atoms with Crippen molar-refractivity contribution in [1.82, 2.24) is 14.7 Å². The van der Waals surface area contributed by atoms with Gasteiger partial charge in [0, 0.05) is 24.7 Å². The number of anilines is 1. The second kappa shape index (κ2) is 6.29. The third-order valence-corrected chi connectivity index (χ3v) is 3.84. The predicted molar refractivity (Wildman–Crippen MR) is 81.0 cm³/mol. The van der Waals surface area contributed by atoms with E-state index in [9.17, 15) is 4.79 Å². The molecule has 2 heterocycles. The summed E-state index contributed by atoms with van der Waals surface area (Å²) in [6.07, 6.45) is 4.46. The fraction of sp³-hybridized carbons (Fsp3) is 0.733. The lowest BCUT2D eigenvalue weighted by atomic mass is 10.1. The van der Waals surface area contributed by atoms with Gasteiger partial charge in [-0.3, -0.25) is 5.32 Å². The number of carbonyl (C=O) groups is 1. The van der Waals surface area contributed by atoms with Crippen LogP contribution in [0.5, 0.6) is 0 Å². The first-order valence-corrected chi connectivity index (χ1v) is 7.66. The Kier molecular flexibility index (Phi) is 4.68. The maximum absolute atomic E-state index is 12.5. The molecule has 5 heteroatoms. The number of aryl methyl sites for hydroxylation is 1. The molecule has 0 bridgehead atoms. The fourth-order valence-electron chi connectivity index (χ4n) is 2.92. The summed E-state index contributed by atoms with van der Waals surface area (Å²) >= 11 is 0. The average Bonchev–Trinajstić information content (AvgIpc) is 2.96. The van der Waals surface area contributed by atoms with Gasteiger partial charge in [0.05, 0.1) is 5.69 Å². The minimum absolute atomic E-state index is 0.0164. The lowest BCUT2D eigenvalue weighted by Gasteiger charge is -2.25. The van der Waals surface area contributed by atoms with Crippen molar-refractivity contribution in [3.05, 3.63) is 11.8 Å². The van der Waals surface area contributed by atoms with Gasteiger partial charge in [0.2, 0.25) is 0 Å². The van der Waals surface area contributed by atoms with E-state index in [1.165, 1.54) is 0 Å². The molecule has 1 N–H and O–H groups in total. The van der Waals surface area contributed by atoms with E-state index in [0.717, 1.165) is 43.7 Å². The third kappa shape index (κ3) is 3.14. The van der Waals surface area contributed by atoms with Crippen molar-refractivity contribution in [2.24, 2.45) is 0 Å². The normalized spacial score (nSPS) is 18.9. The lowest BCUT2D eigenvalue weighted by molar-refractivity contribution is 0.203. The number of nitrogens with zero attached hydrogens (tertiary/aromatic N) is 3. The van der Waals surface area contributed by atoms with Gasteiger partial charge < -0.3 is 4.90 Å². The van der Waals surface area contributed by atoms with Gasteiger partial charge in [-0.05, 0) is 40.0 Å². The molecule has 1 unspecified atom stereocenters. The lowest BCUT2D eigenvalue weighted by Crippen LogP contribution is -2.39. The first-order valence-electron chi connectivity index (χ1n) is 7.66. The van der Waals surface area contributed by atoms with Crippen LogP contribution in [-0.2, 0) is 0 Å². The van der Waals surface area contributed by atoms with Crippen LogP contribution < -0.4 is 5.32 Å². The average molecular weight is 278 g/mol. The van der Waals surface area contributed by atoms with Crippen LogP contribution in [0.3, 0.4) is 0 Å². The number of hydrogen-bond acceptors (Lipinski definition) is 2. The highest BCUT2D eigenvalue weighted by Crippen LogP contribution is 2.23. The second-order valence-corrected chi connectivity index (χ2v) is 5.92. The van der Waals surface area contributed by atoms with Crippen molar-refractivity contribution < 1.29 is 4.79 Å². The van der Waals surface area contributed by atoms with Crippen molar-refractivity contribution in [3.8, 4) is 0 Å². The van der Waals surface area contributed by atoms with Crippen LogP contribution in [0.15, 0.2) is 6.07 Å². The van der Waals surface area contributed by atoms with Crippen molar-refractivity contribution in [3.63, 3.8) is 0 Å². The van der Waals surface area contributed by atoms with Crippen LogP contribution in [0, 0.1) is 6.92 Å². The summed E-state index contributed by atoms with van der Waals surface area (Å²) in [5.74, 6) is 0.796. The van der Waals surface area contributed by atoms with Gasteiger partial charge in [-0.15, -0.1) is 0 Å². The molecule has 2 amide bonds. The molecule has 1 aliphatic rings. The first-order chi connectivity index (χ1) is 9.52. The maximum Gasteiger partial charge on any atom is 0.323 e. The molecule has 0 saturated carbocycles. The van der Waals surface area contributed by atoms with Gasteiger partial charge in [0.15, 0.2) is 0 Å². The molecule has 1 aliphatic heterocycles. The van der Waals surface area contributed by atoms with E-state index >= 15 is 0 Å². The summed E-state index contributed by atoms with van der Waals surface area (Å²) < 4.78 is 1.87. The highest BCUT2D eigenvalue weighted by atomic mass is 16.2. The molecule has 1 aromatic rings. The Balaban J connectivity index is 2.07. The number of likely N-dealkylation sites (tertiary alicyclic amines) is 1. The minimum atomic E-state index is 0.0164. The molecule has 0 aliphatic carbocycles. The van der Waals surface area contributed by atoms with Crippen molar-refractivity contribution in [2.75, 3.05) is 11.9 Å². The van der Waals surface area contributed by atoms with Gasteiger partial charge in [-0.25, -0.2) is 9.48 Å². The van der Waals surface area contributed by atoms with E-state index in [4.69, 9.17) is 0 Å². The van der Waals surface area contributed by atoms with E-state index in [2.05, 4.69) is 31.2 Å². The highest BCUT2D eigenvalue weighted by molar-refractivity contribution is 5.89. The molecule has 1 saturated heterocycles. The molecular formula is C15H26N4O. The Bertz CT molecular complexity index is 466. The predicted octanol–water partition coefficient (Wildman–Crippen LogP) is 3.57. The Hall–Kier alpha value is -1.52. The second-order valence-electron chi connectivity index (χ2n) is 5.92. The Morgan fingerprint density at radius 2 is 2.30 bits per heavy atom. The van der Waals surface area contributed by atoms with E-state index < -0.39 is 0 Å². The monoisotopic (exact) mass is 278 g/mol. The Labute approximate surface area is 121 Å². The quantitative estimate of drug-likeness (QED) is 0.915. The molecule has 2 rings (SSSR count). The number of amides is 2. The number of carbonyl (C=O) groups excluding carboxylic acids is 1. The number of nitrogens with one attached hydrogen (secondary N) is 1. The number of aromatic nitrogens is 2. The molecule has 0 spiro atoms. The van der Waals surface area contributed by atoms with Crippen molar-refractivity contribution in [1.29, 1.82) is 0 Å². The summed E-state index contributed by atoms with van der Waals surface area (Å²) in [6.45, 7) is 9.12. The van der Waals surface area contributed by atoms with Crippen LogP contribution >= 0.6 is 0 Å². The molecular weight excluding hydrogens is 252 g/mol. The molecule has 5 nitrogen and oxygen atoms in total. The van der Waals surface area contributed by atoms with Crippen molar-refractivity contribution >= 4 is 11.8 Å². The molecule has 1 aromatic heterocycles. The Morgan fingerprint density at radius 3 is 2.95 bits per heavy atom. The van der Waals surface area contributed by atoms with E-state index in [-0.39, 0.29) is 12.1 Å². The first kappa shape index (κ1) is 14.9. The van der Waals surface area contributed by atoms with Gasteiger partial charge in [0.1, 0.15) is 5.82 Å². The van der Waals surface area contributed by atoms with Crippen LogP contribution in [0.1, 0.15) is 58.2 Å². The smallest absolute Gasteiger partial charge is 0.322 e. The van der Waals surface area contributed by atoms with Crippen LogP contribution in [0.4, 0.5) is 10.6 Å². The summed E-state index contributed by atoms with van der Waals surface area (Å²) in [4.78, 5) is 14.4. The molecule has 1 atom stereocenters. The number of hydrogen-bond donors (Lipinski definition) is 1. The van der Waals surface area contributed by atoms with Crippen LogP contribution in [-0.4, -0.2) is 33.3 Å². The van der Waals surface area contributed by atoms with Crippen LogP contribution in [0.2, 0.25) is 0 Å². The standard InChI is InChI=1S/C15H26N4O/c1-5-7-13-8-6-9-18(13)15(20)16-14-10-12(4)17-19(14)11(2)3/h10-11,13H,5-9H2,1-4H3,(H,16,20). The zero-order valence-corrected chi connectivity index (χ0v) is 13.0. The topological polar surface area (TPSA) is 50.2 Å². The van der Waals surface area contributed by atoms with E-state index in [1.54, 1.807) is 0 Å². The third-order valence-electron chi connectivity index (χ3n) is 3.84. The molecule has 112 valence electrons. The Morgan fingerprint density at radius 1 is 1.55 bits per heavy atom. The minimum Gasteiger partial charge on any atom is -0.322 e. The summed E-state index contributed by atoms with van der Waals surface area (Å²) in [5.41, 5.74) is 0.931. The largest absolute Gasteiger partial charge is 0.323 e.